The second-order valence-electron chi connectivity index (χ2n) is 8.88. The highest BCUT2D eigenvalue weighted by molar-refractivity contribution is 7.22. The van der Waals surface area contributed by atoms with Crippen LogP contribution in [0.1, 0.15) is 28.8 Å². The van der Waals surface area contributed by atoms with E-state index >= 15 is 0 Å². The second-order valence-corrected chi connectivity index (χ2v) is 9.89. The second kappa shape index (κ2) is 10.1. The van der Waals surface area contributed by atoms with Crippen LogP contribution in [0.15, 0.2) is 54.6 Å². The number of methoxy groups -OCH3 is 1. The normalized spacial score (nSPS) is 11.3. The third-order valence-electron chi connectivity index (χ3n) is 6.59. The summed E-state index contributed by atoms with van der Waals surface area (Å²) in [5.41, 5.74) is 5.94. The molecule has 8 heteroatoms. The zero-order valence-electron chi connectivity index (χ0n) is 21.0. The van der Waals surface area contributed by atoms with E-state index in [1.165, 1.54) is 5.56 Å². The molecule has 0 radical (unpaired) electrons. The Morgan fingerprint density at radius 2 is 1.78 bits per heavy atom. The first-order valence-corrected chi connectivity index (χ1v) is 12.8. The Morgan fingerprint density at radius 1 is 1.03 bits per heavy atom. The van der Waals surface area contributed by atoms with Crippen molar-refractivity contribution in [1.29, 1.82) is 0 Å². The molecule has 1 amide bonds. The minimum atomic E-state index is 0.0574. The zero-order valence-corrected chi connectivity index (χ0v) is 21.8. The molecule has 0 spiro atoms. The molecule has 5 aromatic rings. The number of carbonyl (C=O) groups excluding carboxylic acids is 1. The third-order valence-corrected chi connectivity index (χ3v) is 7.65. The Hall–Kier alpha value is -3.78. The van der Waals surface area contributed by atoms with Crippen molar-refractivity contribution in [2.24, 2.45) is 7.05 Å². The number of amides is 1. The van der Waals surface area contributed by atoms with Crippen molar-refractivity contribution in [2.75, 3.05) is 18.6 Å². The molecule has 0 aliphatic heterocycles. The first-order chi connectivity index (χ1) is 17.5. The molecule has 0 atom stereocenters. The molecule has 36 heavy (non-hydrogen) atoms. The maximum atomic E-state index is 13.7. The van der Waals surface area contributed by atoms with E-state index in [-0.39, 0.29) is 5.91 Å². The van der Waals surface area contributed by atoms with Crippen molar-refractivity contribution in [3.63, 3.8) is 0 Å². The van der Waals surface area contributed by atoms with Gasteiger partial charge in [-0.3, -0.25) is 9.69 Å². The van der Waals surface area contributed by atoms with Crippen molar-refractivity contribution in [3.05, 3.63) is 77.0 Å². The van der Waals surface area contributed by atoms with E-state index in [1.54, 1.807) is 23.1 Å². The molecule has 184 valence electrons. The summed E-state index contributed by atoms with van der Waals surface area (Å²) in [5, 5.41) is 6.08. The summed E-state index contributed by atoms with van der Waals surface area (Å²) in [5.74, 6) is 0.617. The Bertz CT molecular complexity index is 1510. The number of ether oxygens (including phenoxy) is 1. The van der Waals surface area contributed by atoms with Crippen LogP contribution in [-0.4, -0.2) is 39.3 Å². The number of fused-ring (bicyclic) bond motifs is 2. The van der Waals surface area contributed by atoms with E-state index in [0.29, 0.717) is 25.3 Å². The number of anilines is 1. The van der Waals surface area contributed by atoms with Gasteiger partial charge in [-0.1, -0.05) is 53.8 Å². The van der Waals surface area contributed by atoms with Crippen LogP contribution in [0.5, 0.6) is 5.88 Å². The van der Waals surface area contributed by atoms with Crippen LogP contribution >= 0.6 is 11.3 Å². The number of pyridine rings is 1. The van der Waals surface area contributed by atoms with Gasteiger partial charge in [0.15, 0.2) is 10.8 Å². The predicted molar refractivity (Wildman–Crippen MR) is 145 cm³/mol. The third kappa shape index (κ3) is 4.56. The molecular weight excluding hydrogens is 470 g/mol. The number of hydrogen-bond acceptors (Lipinski definition) is 6. The van der Waals surface area contributed by atoms with E-state index in [4.69, 9.17) is 14.7 Å². The lowest BCUT2D eigenvalue weighted by molar-refractivity contribution is -0.118. The predicted octanol–water partition coefficient (Wildman–Crippen LogP) is 5.41. The molecule has 5 rings (SSSR count). The fraction of sp³-hybridized carbons (Fsp3) is 0.286. The average molecular weight is 500 g/mol. The number of para-hydroxylation sites is 1. The topological polar surface area (TPSA) is 73.1 Å². The molecule has 0 fully saturated rings. The monoisotopic (exact) mass is 499 g/mol. The number of nitrogens with zero attached hydrogens (tertiary/aromatic N) is 5. The number of carbonyl (C=O) groups is 1. The standard InChI is InChI=1S/C28H29N5O2S/c1-18-21(19(2)29-26-25(18)27(35-4)31-32(26)3)14-15-24(34)33(17-16-20-10-6-5-7-11-20)28-30-22-12-8-9-13-23(22)36-28/h5-13H,14-17H2,1-4H3. The van der Waals surface area contributed by atoms with Gasteiger partial charge in [0.25, 0.3) is 0 Å². The van der Waals surface area contributed by atoms with Gasteiger partial charge in [0.1, 0.15) is 0 Å². The SMILES string of the molecule is COc1nn(C)c2nc(C)c(CCC(=O)N(CCc3ccccc3)c3nc4ccccc4s3)c(C)c12. The Morgan fingerprint density at radius 3 is 2.53 bits per heavy atom. The van der Waals surface area contributed by atoms with Crippen molar-refractivity contribution in [2.45, 2.75) is 33.1 Å². The van der Waals surface area contributed by atoms with Crippen LogP contribution in [0.2, 0.25) is 0 Å². The fourth-order valence-corrected chi connectivity index (χ4v) is 5.67. The van der Waals surface area contributed by atoms with E-state index in [0.717, 1.165) is 49.6 Å². The van der Waals surface area contributed by atoms with Crippen molar-refractivity contribution in [3.8, 4) is 5.88 Å². The highest BCUT2D eigenvalue weighted by Gasteiger charge is 2.22. The molecule has 0 saturated heterocycles. The molecule has 7 nitrogen and oxygen atoms in total. The minimum absolute atomic E-state index is 0.0574. The molecule has 2 aromatic carbocycles. The maximum absolute atomic E-state index is 13.7. The first kappa shape index (κ1) is 23.9. The summed E-state index contributed by atoms with van der Waals surface area (Å²) < 4.78 is 8.31. The minimum Gasteiger partial charge on any atom is -0.479 e. The van der Waals surface area contributed by atoms with Gasteiger partial charge in [-0.05, 0) is 55.5 Å². The Balaban J connectivity index is 1.42. The molecule has 3 aromatic heterocycles. The summed E-state index contributed by atoms with van der Waals surface area (Å²) in [4.78, 5) is 25.1. The van der Waals surface area contributed by atoms with Gasteiger partial charge in [0, 0.05) is 25.7 Å². The van der Waals surface area contributed by atoms with E-state index < -0.39 is 0 Å². The summed E-state index contributed by atoms with van der Waals surface area (Å²) >= 11 is 1.56. The highest BCUT2D eigenvalue weighted by atomic mass is 32.1. The summed E-state index contributed by atoms with van der Waals surface area (Å²) in [6.45, 7) is 4.63. The molecular formula is C28H29N5O2S. The van der Waals surface area contributed by atoms with E-state index in [9.17, 15) is 4.79 Å². The summed E-state index contributed by atoms with van der Waals surface area (Å²) in [7, 11) is 3.48. The van der Waals surface area contributed by atoms with Gasteiger partial charge in [-0.2, -0.15) is 0 Å². The molecule has 0 N–H and O–H groups in total. The smallest absolute Gasteiger partial charge is 0.242 e. The van der Waals surface area contributed by atoms with Gasteiger partial charge in [-0.15, -0.1) is 5.10 Å². The lowest BCUT2D eigenvalue weighted by atomic mass is 10.00. The van der Waals surface area contributed by atoms with Crippen LogP contribution in [0.4, 0.5) is 5.13 Å². The van der Waals surface area contributed by atoms with Gasteiger partial charge in [0.2, 0.25) is 11.8 Å². The highest BCUT2D eigenvalue weighted by Crippen LogP contribution is 2.32. The first-order valence-electron chi connectivity index (χ1n) is 12.0. The van der Waals surface area contributed by atoms with E-state index in [2.05, 4.69) is 24.2 Å². The number of aromatic nitrogens is 4. The van der Waals surface area contributed by atoms with Crippen LogP contribution in [-0.2, 0) is 24.7 Å². The number of rotatable bonds is 8. The zero-order chi connectivity index (χ0) is 25.2. The maximum Gasteiger partial charge on any atom is 0.242 e. The molecule has 0 bridgehead atoms. The van der Waals surface area contributed by atoms with Crippen molar-refractivity contribution < 1.29 is 9.53 Å². The lowest BCUT2D eigenvalue weighted by Crippen LogP contribution is -2.33. The van der Waals surface area contributed by atoms with Gasteiger partial charge in [0.05, 0.1) is 22.7 Å². The summed E-state index contributed by atoms with van der Waals surface area (Å²) in [6.07, 6.45) is 1.72. The van der Waals surface area contributed by atoms with Crippen LogP contribution < -0.4 is 9.64 Å². The number of hydrogen-bond donors (Lipinski definition) is 0. The molecule has 0 aliphatic rings. The Kier molecular flexibility index (Phi) is 6.69. The average Bonchev–Trinajstić information content (AvgIpc) is 3.45. The number of aryl methyl sites for hydroxylation is 3. The number of thiazole rings is 1. The summed E-state index contributed by atoms with van der Waals surface area (Å²) in [6, 6.07) is 18.3. The Labute approximate surface area is 214 Å². The van der Waals surface area contributed by atoms with Crippen molar-refractivity contribution in [1.82, 2.24) is 19.7 Å². The molecule has 0 saturated carbocycles. The van der Waals surface area contributed by atoms with Gasteiger partial charge < -0.3 is 4.74 Å². The molecule has 3 heterocycles. The molecule has 0 aliphatic carbocycles. The van der Waals surface area contributed by atoms with Gasteiger partial charge >= 0.3 is 0 Å². The lowest BCUT2D eigenvalue weighted by Gasteiger charge is -2.20. The van der Waals surface area contributed by atoms with Gasteiger partial charge in [-0.25, -0.2) is 14.6 Å². The van der Waals surface area contributed by atoms with Crippen molar-refractivity contribution >= 4 is 43.6 Å². The largest absolute Gasteiger partial charge is 0.479 e. The van der Waals surface area contributed by atoms with Crippen LogP contribution in [0.25, 0.3) is 21.3 Å². The quantitative estimate of drug-likeness (QED) is 0.285. The van der Waals surface area contributed by atoms with Crippen LogP contribution in [0, 0.1) is 13.8 Å². The van der Waals surface area contributed by atoms with Crippen LogP contribution in [0.3, 0.4) is 0 Å². The number of benzene rings is 2. The molecule has 0 unspecified atom stereocenters. The fourth-order valence-electron chi connectivity index (χ4n) is 4.66. The van der Waals surface area contributed by atoms with E-state index in [1.807, 2.05) is 61.3 Å².